The van der Waals surface area contributed by atoms with Crippen LogP contribution in [0.4, 0.5) is 0 Å². The monoisotopic (exact) mass is 157 g/mol. The van der Waals surface area contributed by atoms with Crippen molar-refractivity contribution in [3.63, 3.8) is 0 Å². The van der Waals surface area contributed by atoms with Crippen molar-refractivity contribution in [3.05, 3.63) is 30.1 Å². The second kappa shape index (κ2) is 3.95. The maximum atomic E-state index is 6.67. The molecule has 0 aliphatic heterocycles. The van der Waals surface area contributed by atoms with Gasteiger partial charge in [-0.1, -0.05) is 6.07 Å². The first-order valence-corrected chi connectivity index (χ1v) is 2.69. The number of pyridine rings is 1. The van der Waals surface area contributed by atoms with Crippen molar-refractivity contribution in [2.75, 3.05) is 0 Å². The van der Waals surface area contributed by atoms with E-state index in [2.05, 4.69) is 5.22 Å². The average Bonchev–Trinajstić information content (AvgIpc) is 1.89. The fourth-order valence-corrected chi connectivity index (χ4v) is 0.632. The molecular weight excluding hydrogens is 150 g/mol. The van der Waals surface area contributed by atoms with Gasteiger partial charge in [0, 0.05) is 12.5 Å². The highest BCUT2D eigenvalue weighted by Crippen LogP contribution is 1.85. The van der Waals surface area contributed by atoms with Crippen LogP contribution in [0.25, 0.3) is 0 Å². The Labute approximate surface area is 65.6 Å². The second-order valence-electron chi connectivity index (χ2n) is 1.79. The lowest BCUT2D eigenvalue weighted by atomic mass is 10.4. The molecule has 54 valence electrons. The first-order valence-electron chi connectivity index (χ1n) is 2.69. The molecule has 3 nitrogen and oxygen atoms in total. The Kier molecular flexibility index (Phi) is 3.57. The van der Waals surface area contributed by atoms with Gasteiger partial charge in [-0.25, -0.2) is 0 Å². The molecule has 0 bridgehead atoms. The summed E-state index contributed by atoms with van der Waals surface area (Å²) in [5.74, 6) is 0. The number of hydrogen-bond acceptors (Lipinski definition) is 2. The zero-order valence-electron chi connectivity index (χ0n) is 5.58. The quantitative estimate of drug-likeness (QED) is 0.365. The zero-order chi connectivity index (χ0) is 6.69. The van der Waals surface area contributed by atoms with E-state index in [0.717, 1.165) is 5.69 Å². The van der Waals surface area contributed by atoms with E-state index >= 15 is 0 Å². The van der Waals surface area contributed by atoms with E-state index in [-0.39, 0.29) is 12.4 Å². The predicted molar refractivity (Wildman–Crippen MR) is 31.9 cm³/mol. The first kappa shape index (κ1) is 9.04. The minimum Gasteiger partial charge on any atom is -1.00 e. The molecule has 1 N–H and O–H groups in total. The Bertz CT molecular complexity index is 224. The molecule has 0 aromatic carbocycles. The van der Waals surface area contributed by atoms with Gasteiger partial charge in [-0.2, -0.15) is 0 Å². The lowest BCUT2D eigenvalue weighted by molar-refractivity contribution is -0.694. The van der Waals surface area contributed by atoms with Gasteiger partial charge >= 0.3 is 0 Å². The lowest BCUT2D eigenvalue weighted by Gasteiger charge is -1.88. The topological polar surface area (TPSA) is 40.1 Å². The molecule has 0 aliphatic rings. The van der Waals surface area contributed by atoms with E-state index in [1.807, 2.05) is 25.1 Å². The number of nitrogens with one attached hydrogen (secondary N) is 1. The number of aromatic nitrogens is 1. The van der Waals surface area contributed by atoms with Gasteiger partial charge in [0.2, 0.25) is 0 Å². The van der Waals surface area contributed by atoms with Crippen molar-refractivity contribution < 1.29 is 17.1 Å². The van der Waals surface area contributed by atoms with Crippen molar-refractivity contribution in [2.24, 2.45) is 5.22 Å². The molecule has 0 spiro atoms. The van der Waals surface area contributed by atoms with Gasteiger partial charge in [0.05, 0.1) is 0 Å². The molecule has 0 saturated carbocycles. The molecule has 0 aliphatic carbocycles. The molecule has 0 unspecified atom stereocenters. The molecule has 4 heteroatoms. The van der Waals surface area contributed by atoms with Crippen molar-refractivity contribution in [2.45, 2.75) is 6.92 Å². The predicted octanol–water partition coefficient (Wildman–Crippen LogP) is -1.92. The van der Waals surface area contributed by atoms with Gasteiger partial charge in [0.15, 0.2) is 0 Å². The summed E-state index contributed by atoms with van der Waals surface area (Å²) in [5.41, 5.74) is 7.64. The van der Waals surface area contributed by atoms with Crippen molar-refractivity contribution in [3.8, 4) is 0 Å². The molecule has 1 aromatic rings. The average molecular weight is 158 g/mol. The molecule has 1 heterocycles. The normalized spacial score (nSPS) is 8.10. The molecule has 0 radical (unpaired) electrons. The van der Waals surface area contributed by atoms with E-state index in [0.29, 0.717) is 0 Å². The highest BCUT2D eigenvalue weighted by molar-refractivity contribution is 4.93. The third-order valence-corrected chi connectivity index (χ3v) is 1.14. The summed E-state index contributed by atoms with van der Waals surface area (Å²) in [7, 11) is 0. The lowest BCUT2D eigenvalue weighted by Crippen LogP contribution is -3.00. The number of hydrogen-bond donors (Lipinski definition) is 1. The van der Waals surface area contributed by atoms with Crippen LogP contribution in [0.3, 0.4) is 0 Å². The SMILES string of the molecule is Cc1cccc[n+]1N=N.[Cl-]. The third kappa shape index (κ3) is 1.77. The highest BCUT2D eigenvalue weighted by Gasteiger charge is 1.93. The smallest absolute Gasteiger partial charge is 0.134 e. The number of halogens is 1. The fourth-order valence-electron chi connectivity index (χ4n) is 0.632. The molecule has 10 heavy (non-hydrogen) atoms. The Morgan fingerprint density at radius 2 is 2.20 bits per heavy atom. The van der Waals surface area contributed by atoms with Crippen molar-refractivity contribution >= 4 is 0 Å². The molecule has 1 aromatic heterocycles. The van der Waals surface area contributed by atoms with E-state index in [1.54, 1.807) is 6.20 Å². The highest BCUT2D eigenvalue weighted by atomic mass is 35.5. The minimum absolute atomic E-state index is 0. The van der Waals surface area contributed by atoms with Crippen LogP contribution < -0.4 is 17.1 Å². The van der Waals surface area contributed by atoms with Gasteiger partial charge in [0.1, 0.15) is 17.1 Å². The van der Waals surface area contributed by atoms with Gasteiger partial charge in [0.25, 0.3) is 0 Å². The Morgan fingerprint density at radius 1 is 1.50 bits per heavy atom. The summed E-state index contributed by atoms with van der Waals surface area (Å²) in [4.78, 5) is 0. The van der Waals surface area contributed by atoms with Crippen molar-refractivity contribution in [1.29, 1.82) is 5.53 Å². The Balaban J connectivity index is 0.000000810. The van der Waals surface area contributed by atoms with Crippen LogP contribution in [0.1, 0.15) is 5.69 Å². The van der Waals surface area contributed by atoms with Crippen LogP contribution in [-0.4, -0.2) is 0 Å². The molecule has 0 amide bonds. The van der Waals surface area contributed by atoms with Gasteiger partial charge in [-0.15, -0.1) is 4.68 Å². The summed E-state index contributed by atoms with van der Waals surface area (Å²) in [5, 5.41) is 3.24. The summed E-state index contributed by atoms with van der Waals surface area (Å²) >= 11 is 0. The number of rotatable bonds is 1. The van der Waals surface area contributed by atoms with Crippen LogP contribution >= 0.6 is 0 Å². The van der Waals surface area contributed by atoms with Crippen LogP contribution in [0.5, 0.6) is 0 Å². The van der Waals surface area contributed by atoms with E-state index in [1.165, 1.54) is 4.68 Å². The van der Waals surface area contributed by atoms with Crippen molar-refractivity contribution in [1.82, 2.24) is 0 Å². The first-order chi connectivity index (χ1) is 4.34. The maximum absolute atomic E-state index is 6.67. The molecule has 0 atom stereocenters. The summed E-state index contributed by atoms with van der Waals surface area (Å²) in [6.45, 7) is 1.90. The Morgan fingerprint density at radius 3 is 2.60 bits per heavy atom. The molecule has 0 fully saturated rings. The van der Waals surface area contributed by atoms with E-state index in [4.69, 9.17) is 5.53 Å². The van der Waals surface area contributed by atoms with Gasteiger partial charge in [-0.05, 0) is 12.1 Å². The van der Waals surface area contributed by atoms with Gasteiger partial charge < -0.3 is 12.4 Å². The number of nitrogens with zero attached hydrogens (tertiary/aromatic N) is 2. The van der Waals surface area contributed by atoms with Crippen LogP contribution in [0.15, 0.2) is 29.6 Å². The maximum Gasteiger partial charge on any atom is 0.134 e. The Hall–Kier alpha value is -0.960. The molecule has 1 rings (SSSR count). The third-order valence-electron chi connectivity index (χ3n) is 1.14. The molecular formula is C6H8ClN3. The number of aryl methyl sites for hydroxylation is 1. The van der Waals surface area contributed by atoms with Gasteiger partial charge in [-0.3, -0.25) is 0 Å². The standard InChI is InChI=1S/C6H8N3.ClH/c1-6-4-2-3-5-9(6)8-7;/h2-5,7H,1H3;1H/q+1;/p-1. The van der Waals surface area contributed by atoms with E-state index < -0.39 is 0 Å². The minimum atomic E-state index is 0. The summed E-state index contributed by atoms with van der Waals surface area (Å²) < 4.78 is 1.50. The van der Waals surface area contributed by atoms with Crippen LogP contribution in [-0.2, 0) is 0 Å². The largest absolute Gasteiger partial charge is 1.00 e. The van der Waals surface area contributed by atoms with Crippen LogP contribution in [0, 0.1) is 12.5 Å². The summed E-state index contributed by atoms with van der Waals surface area (Å²) in [6, 6.07) is 5.65. The zero-order valence-corrected chi connectivity index (χ0v) is 6.34. The summed E-state index contributed by atoms with van der Waals surface area (Å²) in [6.07, 6.45) is 1.74. The van der Waals surface area contributed by atoms with Crippen LogP contribution in [0.2, 0.25) is 0 Å². The fraction of sp³-hybridized carbons (Fsp3) is 0.167. The van der Waals surface area contributed by atoms with E-state index in [9.17, 15) is 0 Å². The molecule has 0 saturated heterocycles. The second-order valence-corrected chi connectivity index (χ2v) is 1.79.